The van der Waals surface area contributed by atoms with E-state index < -0.39 is 30.1 Å². The molecule has 49 heavy (non-hydrogen) atoms. The van der Waals surface area contributed by atoms with Gasteiger partial charge in [0.2, 0.25) is 17.6 Å². The Labute approximate surface area is 295 Å². The molecule has 1 aliphatic heterocycles. The number of rotatable bonds is 16. The summed E-state index contributed by atoms with van der Waals surface area (Å²) < 4.78 is 7.11. The lowest BCUT2D eigenvalue weighted by Gasteiger charge is -2.29. The van der Waals surface area contributed by atoms with E-state index in [1.54, 1.807) is 24.1 Å². The Morgan fingerprint density at radius 1 is 1.00 bits per heavy atom. The fraction of sp³-hybridized carbons (Fsp3) is 0.361. The molecule has 0 bridgehead atoms. The first-order valence-electron chi connectivity index (χ1n) is 16.3. The van der Waals surface area contributed by atoms with Crippen LogP contribution in [0.15, 0.2) is 83.9 Å². The van der Waals surface area contributed by atoms with E-state index in [9.17, 15) is 14.4 Å². The molecule has 0 spiro atoms. The van der Waals surface area contributed by atoms with Crippen molar-refractivity contribution in [3.05, 3.63) is 100 Å². The maximum Gasteiger partial charge on any atom is 0.243 e. The molecular weight excluding hydrogens is 662 g/mol. The van der Waals surface area contributed by atoms with Gasteiger partial charge in [-0.05, 0) is 68.1 Å². The van der Waals surface area contributed by atoms with Crippen molar-refractivity contribution in [2.75, 3.05) is 20.1 Å². The number of nitrogens with two attached hydrogens (primary N) is 2. The van der Waals surface area contributed by atoms with Gasteiger partial charge in [0.25, 0.3) is 0 Å². The van der Waals surface area contributed by atoms with E-state index in [4.69, 9.17) is 27.8 Å². The average Bonchev–Trinajstić information content (AvgIpc) is 3.75. The number of aryl methyl sites for hydroxylation is 1. The number of nitrogens with zero attached hydrogens (tertiary/aromatic N) is 3. The topological polar surface area (TPSA) is 165 Å². The summed E-state index contributed by atoms with van der Waals surface area (Å²) in [5.41, 5.74) is 13.8. The minimum Gasteiger partial charge on any atom is -0.372 e. The van der Waals surface area contributed by atoms with Crippen LogP contribution < -0.4 is 22.1 Å². The number of ketones is 1. The number of amides is 2. The fourth-order valence-corrected chi connectivity index (χ4v) is 7.01. The monoisotopic (exact) mass is 703 g/mol. The van der Waals surface area contributed by atoms with E-state index in [1.165, 1.54) is 11.3 Å². The molecule has 0 unspecified atom stereocenters. The quantitative estimate of drug-likeness (QED) is 0.0587. The molecule has 1 saturated heterocycles. The molecule has 1 aliphatic rings. The number of para-hydroxylation sites is 1. The molecule has 3 aromatic carbocycles. The molecule has 0 saturated carbocycles. The van der Waals surface area contributed by atoms with Gasteiger partial charge in [-0.15, -0.1) is 11.3 Å². The molecule has 258 valence electrons. The number of ether oxygens (including phenoxy) is 1. The third-order valence-corrected chi connectivity index (χ3v) is 9.84. The molecule has 5 rings (SSSR count). The van der Waals surface area contributed by atoms with Crippen molar-refractivity contribution in [1.82, 2.24) is 20.5 Å². The van der Waals surface area contributed by atoms with Gasteiger partial charge in [-0.1, -0.05) is 66.2 Å². The number of hydrogen-bond acceptors (Lipinski definition) is 8. The van der Waals surface area contributed by atoms with Crippen molar-refractivity contribution < 1.29 is 19.1 Å². The van der Waals surface area contributed by atoms with Crippen molar-refractivity contribution in [2.45, 2.75) is 62.9 Å². The summed E-state index contributed by atoms with van der Waals surface area (Å²) in [4.78, 5) is 52.2. The van der Waals surface area contributed by atoms with E-state index in [1.807, 2.05) is 66.7 Å². The van der Waals surface area contributed by atoms with Gasteiger partial charge >= 0.3 is 0 Å². The number of Topliss-reactive ketones (excluding diaryl/α,β-unsaturated/α-hetero) is 1. The minimum absolute atomic E-state index is 0.0470. The number of aliphatic imine (C=N–C) groups is 1. The number of benzene rings is 3. The van der Waals surface area contributed by atoms with Crippen molar-refractivity contribution in [3.63, 3.8) is 0 Å². The Hall–Kier alpha value is -4.36. The number of halogens is 1. The van der Waals surface area contributed by atoms with E-state index in [0.717, 1.165) is 15.8 Å². The summed E-state index contributed by atoms with van der Waals surface area (Å²) in [6.45, 7) is 0.821. The summed E-state index contributed by atoms with van der Waals surface area (Å²) in [5.74, 6) is -0.973. The Kier molecular flexibility index (Phi) is 12.7. The van der Waals surface area contributed by atoms with E-state index in [2.05, 4.69) is 20.6 Å². The summed E-state index contributed by atoms with van der Waals surface area (Å²) in [6, 6.07) is 22.5. The number of nitrogens with one attached hydrogen (secondary N) is 2. The van der Waals surface area contributed by atoms with Gasteiger partial charge in [-0.25, -0.2) is 4.98 Å². The summed E-state index contributed by atoms with van der Waals surface area (Å²) in [7, 11) is 1.75. The number of thiazole rings is 1. The lowest BCUT2D eigenvalue weighted by Crippen LogP contribution is -2.54. The van der Waals surface area contributed by atoms with Crippen molar-refractivity contribution in [1.29, 1.82) is 0 Å². The van der Waals surface area contributed by atoms with Gasteiger partial charge in [0, 0.05) is 24.5 Å². The SMILES string of the molecule is CN[C@H](CCc1ccccc1)C(=O)N1C[C@H](OCc2ccc(Cl)cc2)C[C@H]1C(=O)N[C@@H](CCCN=C(N)N)C(=O)c1nc2ccccc2s1. The molecule has 11 nitrogen and oxygen atoms in total. The van der Waals surface area contributed by atoms with Gasteiger partial charge in [0.1, 0.15) is 6.04 Å². The predicted octanol–water partition coefficient (Wildman–Crippen LogP) is 4.08. The van der Waals surface area contributed by atoms with Gasteiger partial charge < -0.3 is 31.7 Å². The van der Waals surface area contributed by atoms with Crippen LogP contribution in [0.25, 0.3) is 10.2 Å². The zero-order valence-electron chi connectivity index (χ0n) is 27.4. The van der Waals surface area contributed by atoms with Crippen LogP contribution in [0.2, 0.25) is 5.02 Å². The summed E-state index contributed by atoms with van der Waals surface area (Å²) in [5, 5.41) is 7.05. The molecule has 1 aromatic heterocycles. The largest absolute Gasteiger partial charge is 0.372 e. The molecule has 0 aliphatic carbocycles. The van der Waals surface area contributed by atoms with Gasteiger partial charge in [0.05, 0.1) is 35.0 Å². The van der Waals surface area contributed by atoms with Crippen LogP contribution in [-0.2, 0) is 27.4 Å². The Morgan fingerprint density at radius 2 is 1.73 bits per heavy atom. The van der Waals surface area contributed by atoms with Crippen LogP contribution in [0, 0.1) is 0 Å². The van der Waals surface area contributed by atoms with Crippen molar-refractivity contribution in [2.24, 2.45) is 16.5 Å². The molecule has 2 heterocycles. The number of guanidine groups is 1. The first-order chi connectivity index (χ1) is 23.7. The molecule has 6 N–H and O–H groups in total. The molecule has 4 aromatic rings. The Morgan fingerprint density at radius 3 is 2.45 bits per heavy atom. The number of likely N-dealkylation sites (tertiary alicyclic amines) is 1. The first-order valence-corrected chi connectivity index (χ1v) is 17.5. The van der Waals surface area contributed by atoms with Crippen molar-refractivity contribution >= 4 is 56.7 Å². The lowest BCUT2D eigenvalue weighted by molar-refractivity contribution is -0.140. The molecule has 13 heteroatoms. The van der Waals surface area contributed by atoms with Crippen LogP contribution in [-0.4, -0.2) is 77.8 Å². The number of carbonyl (C=O) groups excluding carboxylic acids is 3. The van der Waals surface area contributed by atoms with E-state index >= 15 is 0 Å². The van der Waals surface area contributed by atoms with E-state index in [0.29, 0.717) is 48.0 Å². The number of carbonyl (C=O) groups is 3. The minimum atomic E-state index is -0.897. The average molecular weight is 704 g/mol. The maximum absolute atomic E-state index is 14.1. The number of fused-ring (bicyclic) bond motifs is 1. The fourth-order valence-electron chi connectivity index (χ4n) is 5.92. The highest BCUT2D eigenvalue weighted by Gasteiger charge is 2.43. The molecule has 4 atom stereocenters. The van der Waals surface area contributed by atoms with Gasteiger partial charge in [-0.2, -0.15) is 0 Å². The Bertz CT molecular complexity index is 1710. The second-order valence-corrected chi connectivity index (χ2v) is 13.5. The standard InChI is InChI=1S/C36H42ClN7O4S/c1-40-29(18-15-23-8-3-2-4-9-23)35(47)44-21-26(48-22-24-13-16-25(37)17-14-24)20-30(44)33(46)42-28(11-7-19-41-36(38)39)32(45)34-43-27-10-5-6-12-31(27)49-34/h2-6,8-10,12-14,16-17,26,28-30,40H,7,11,15,18-22H2,1H3,(H,42,46)(H4,38,39,41)/t26-,28+,29-,30+/m1/s1. The van der Waals surface area contributed by atoms with Gasteiger partial charge in [-0.3, -0.25) is 19.4 Å². The maximum atomic E-state index is 14.1. The molecule has 1 fully saturated rings. The highest BCUT2D eigenvalue weighted by atomic mass is 35.5. The molecule has 0 radical (unpaired) electrons. The summed E-state index contributed by atoms with van der Waals surface area (Å²) >= 11 is 7.33. The summed E-state index contributed by atoms with van der Waals surface area (Å²) in [6.07, 6.45) is 1.84. The normalized spacial score (nSPS) is 17.1. The predicted molar refractivity (Wildman–Crippen MR) is 194 cm³/mol. The molecular formula is C36H42ClN7O4S. The van der Waals surface area contributed by atoms with Crippen LogP contribution in [0.4, 0.5) is 0 Å². The second-order valence-electron chi connectivity index (χ2n) is 12.0. The first kappa shape index (κ1) is 35.9. The van der Waals surface area contributed by atoms with Gasteiger partial charge in [0.15, 0.2) is 11.0 Å². The van der Waals surface area contributed by atoms with Crippen LogP contribution >= 0.6 is 22.9 Å². The number of hydrogen-bond donors (Lipinski definition) is 4. The zero-order chi connectivity index (χ0) is 34.8. The Balaban J connectivity index is 1.35. The third kappa shape index (κ3) is 9.85. The molecule has 2 amide bonds. The third-order valence-electron chi connectivity index (χ3n) is 8.54. The van der Waals surface area contributed by atoms with Crippen molar-refractivity contribution in [3.8, 4) is 0 Å². The van der Waals surface area contributed by atoms with Crippen LogP contribution in [0.1, 0.15) is 46.6 Å². The van der Waals surface area contributed by atoms with Crippen LogP contribution in [0.3, 0.4) is 0 Å². The highest BCUT2D eigenvalue weighted by Crippen LogP contribution is 2.26. The second kappa shape index (κ2) is 17.3. The zero-order valence-corrected chi connectivity index (χ0v) is 29.0. The lowest BCUT2D eigenvalue weighted by atomic mass is 10.0. The smallest absolute Gasteiger partial charge is 0.243 e. The number of likely N-dealkylation sites (N-methyl/N-ethyl adjacent to an activating group) is 1. The highest BCUT2D eigenvalue weighted by molar-refractivity contribution is 7.20. The van der Waals surface area contributed by atoms with E-state index in [-0.39, 0.29) is 37.0 Å². The van der Waals surface area contributed by atoms with Crippen LogP contribution in [0.5, 0.6) is 0 Å². The number of aromatic nitrogens is 1.